The lowest BCUT2D eigenvalue weighted by atomic mass is 9.77. The van der Waals surface area contributed by atoms with Gasteiger partial charge >= 0.3 is 6.09 Å². The highest BCUT2D eigenvalue weighted by molar-refractivity contribution is 6.09. The van der Waals surface area contributed by atoms with Gasteiger partial charge in [0.1, 0.15) is 11.8 Å². The third kappa shape index (κ3) is 4.54. The van der Waals surface area contributed by atoms with E-state index < -0.39 is 11.8 Å². The summed E-state index contributed by atoms with van der Waals surface area (Å²) in [5, 5.41) is 11.4. The Morgan fingerprint density at radius 3 is 2.67 bits per heavy atom. The lowest BCUT2D eigenvalue weighted by molar-refractivity contribution is -0.0560. The minimum atomic E-state index is -0.926. The van der Waals surface area contributed by atoms with Crippen LogP contribution in [0.25, 0.3) is 16.9 Å². The van der Waals surface area contributed by atoms with E-state index in [9.17, 15) is 14.0 Å². The number of ether oxygens (including phenoxy) is 1. The Bertz CT molecular complexity index is 1720. The van der Waals surface area contributed by atoms with Gasteiger partial charge in [0.25, 0.3) is 5.91 Å². The molecule has 2 saturated heterocycles. The predicted molar refractivity (Wildman–Crippen MR) is 152 cm³/mol. The summed E-state index contributed by atoms with van der Waals surface area (Å²) in [5.74, 6) is 0.0264. The highest BCUT2D eigenvalue weighted by Gasteiger charge is 2.56. The summed E-state index contributed by atoms with van der Waals surface area (Å²) in [5.41, 5.74) is 3.44. The number of rotatable bonds is 5. The molecule has 12 heteroatoms. The number of benzene rings is 1. The van der Waals surface area contributed by atoms with Crippen LogP contribution in [-0.4, -0.2) is 73.6 Å². The minimum Gasteiger partial charge on any atom is -0.444 e. The zero-order chi connectivity index (χ0) is 29.4. The first-order valence-corrected chi connectivity index (χ1v) is 14.1. The number of likely N-dealkylation sites (tertiary alicyclic amines) is 1. The molecule has 0 radical (unpaired) electrons. The van der Waals surface area contributed by atoms with Gasteiger partial charge in [-0.05, 0) is 64.3 Å². The van der Waals surface area contributed by atoms with Gasteiger partial charge in [0, 0.05) is 42.8 Å². The molecule has 1 N–H and O–H groups in total. The molecular formula is C30H32FN7O4. The van der Waals surface area contributed by atoms with E-state index in [1.54, 1.807) is 16.8 Å². The number of hydrogen-bond acceptors (Lipinski definition) is 8. The Morgan fingerprint density at radius 2 is 1.98 bits per heavy atom. The zero-order valence-corrected chi connectivity index (χ0v) is 23.9. The number of alkyl halides is 1. The van der Waals surface area contributed by atoms with Gasteiger partial charge in [-0.2, -0.15) is 10.1 Å². The molecule has 1 saturated carbocycles. The Hall–Kier alpha value is -4.48. The number of carbonyl (C=O) groups excluding carboxylic acids is 2. The maximum Gasteiger partial charge on any atom is 0.410 e. The van der Waals surface area contributed by atoms with Crippen LogP contribution >= 0.6 is 0 Å². The first kappa shape index (κ1) is 26.4. The van der Waals surface area contributed by atoms with E-state index in [4.69, 9.17) is 9.26 Å². The van der Waals surface area contributed by atoms with Crippen molar-refractivity contribution in [2.45, 2.75) is 63.8 Å². The molecule has 1 spiro atoms. The number of fused-ring (bicyclic) bond motifs is 1. The summed E-state index contributed by atoms with van der Waals surface area (Å²) in [7, 11) is 0. The Balaban J connectivity index is 1.07. The molecule has 2 aliphatic heterocycles. The molecule has 3 aromatic heterocycles. The van der Waals surface area contributed by atoms with Crippen molar-refractivity contribution in [2.24, 2.45) is 0 Å². The van der Waals surface area contributed by atoms with Gasteiger partial charge < -0.3 is 19.5 Å². The largest absolute Gasteiger partial charge is 0.444 e. The average Bonchev–Trinajstić information content (AvgIpc) is 3.25. The maximum atomic E-state index is 13.5. The highest BCUT2D eigenvalue weighted by atomic mass is 19.1. The van der Waals surface area contributed by atoms with Crippen LogP contribution in [0.4, 0.5) is 20.6 Å². The van der Waals surface area contributed by atoms with Crippen LogP contribution in [-0.2, 0) is 4.74 Å². The summed E-state index contributed by atoms with van der Waals surface area (Å²) < 4.78 is 25.9. The van der Waals surface area contributed by atoms with Crippen molar-refractivity contribution in [3.05, 3.63) is 59.7 Å². The van der Waals surface area contributed by atoms with Crippen molar-refractivity contribution in [3.63, 3.8) is 0 Å². The van der Waals surface area contributed by atoms with Gasteiger partial charge in [-0.3, -0.25) is 9.69 Å². The van der Waals surface area contributed by atoms with Crippen molar-refractivity contribution in [3.8, 4) is 11.4 Å². The van der Waals surface area contributed by atoms with Gasteiger partial charge in [0.05, 0.1) is 28.7 Å². The van der Waals surface area contributed by atoms with Crippen LogP contribution in [0, 0.1) is 6.92 Å². The number of aromatic nitrogens is 4. The second kappa shape index (κ2) is 9.27. The molecule has 1 aliphatic carbocycles. The first-order chi connectivity index (χ1) is 20.0. The normalized spacial score (nSPS) is 20.8. The van der Waals surface area contributed by atoms with E-state index in [2.05, 4.69) is 25.5 Å². The van der Waals surface area contributed by atoms with Crippen LogP contribution in [0.1, 0.15) is 61.3 Å². The first-order valence-electron chi connectivity index (χ1n) is 14.1. The van der Waals surface area contributed by atoms with Crippen LogP contribution in [0.5, 0.6) is 0 Å². The van der Waals surface area contributed by atoms with Gasteiger partial charge in [0.15, 0.2) is 0 Å². The molecule has 2 amide bonds. The average molecular weight is 574 g/mol. The molecule has 4 aromatic rings. The summed E-state index contributed by atoms with van der Waals surface area (Å²) in [6, 6.07) is 9.40. The molecule has 11 nitrogen and oxygen atoms in total. The molecule has 7 rings (SSSR count). The maximum absolute atomic E-state index is 13.5. The Labute approximate surface area is 241 Å². The van der Waals surface area contributed by atoms with E-state index in [-0.39, 0.29) is 23.5 Å². The molecule has 3 aliphatic rings. The van der Waals surface area contributed by atoms with E-state index in [1.807, 2.05) is 63.1 Å². The van der Waals surface area contributed by atoms with Crippen LogP contribution in [0.15, 0.2) is 47.2 Å². The third-order valence-corrected chi connectivity index (χ3v) is 8.29. The number of nitrogens with one attached hydrogen (secondary N) is 1. The third-order valence-electron chi connectivity index (χ3n) is 8.29. The topological polar surface area (TPSA) is 118 Å². The molecule has 3 fully saturated rings. The molecule has 1 aromatic carbocycles. The Kier molecular flexibility index (Phi) is 5.83. The predicted octanol–water partition coefficient (Wildman–Crippen LogP) is 4.97. The standard InChI is InChI=1S/C30H32FN7O4/c1-17-5-6-18(25-34-27(42-35-25)20-13-22(20)31)11-23(17)33-26(39)21-14-32-38-9-7-19(12-24(21)38)36-15-30(16-36)8-10-37(30)28(40)41-29(2,3)4/h5-7,9,11-12,14,20,22H,8,10,13,15-16H2,1-4H3,(H,33,39)/t20-,22-/m0/s1. The van der Waals surface area contributed by atoms with Crippen molar-refractivity contribution in [2.75, 3.05) is 29.9 Å². The molecule has 2 atom stereocenters. The fourth-order valence-corrected chi connectivity index (χ4v) is 5.67. The monoisotopic (exact) mass is 573 g/mol. The lowest BCUT2D eigenvalue weighted by Gasteiger charge is -2.62. The minimum absolute atomic E-state index is 0.205. The van der Waals surface area contributed by atoms with E-state index >= 15 is 0 Å². The molecule has 0 unspecified atom stereocenters. The van der Waals surface area contributed by atoms with Crippen molar-refractivity contribution >= 4 is 28.9 Å². The fraction of sp³-hybridized carbons (Fsp3) is 0.433. The lowest BCUT2D eigenvalue weighted by Crippen LogP contribution is -2.78. The number of halogens is 1. The van der Waals surface area contributed by atoms with Crippen LogP contribution in [0.3, 0.4) is 0 Å². The number of amides is 2. The molecule has 218 valence electrons. The number of carbonyl (C=O) groups is 2. The van der Waals surface area contributed by atoms with Gasteiger partial charge in [-0.25, -0.2) is 13.7 Å². The van der Waals surface area contributed by atoms with Gasteiger partial charge in [-0.1, -0.05) is 17.3 Å². The molecule has 42 heavy (non-hydrogen) atoms. The molecular weight excluding hydrogens is 541 g/mol. The van der Waals surface area contributed by atoms with Gasteiger partial charge in [0.2, 0.25) is 11.7 Å². The summed E-state index contributed by atoms with van der Waals surface area (Å²) in [6.07, 6.45) is 3.53. The summed E-state index contributed by atoms with van der Waals surface area (Å²) >= 11 is 0. The fourth-order valence-electron chi connectivity index (χ4n) is 5.67. The van der Waals surface area contributed by atoms with Crippen molar-refractivity contribution in [1.82, 2.24) is 24.7 Å². The van der Waals surface area contributed by atoms with E-state index in [1.165, 1.54) is 0 Å². The van der Waals surface area contributed by atoms with Crippen molar-refractivity contribution < 1.29 is 23.2 Å². The highest BCUT2D eigenvalue weighted by Crippen LogP contribution is 2.44. The SMILES string of the molecule is Cc1ccc(-c2noc([C@H]3C[C@@H]3F)n2)cc1NC(=O)c1cnn2ccc(N3CC4(CCN4C(=O)OC(C)(C)C)C3)cc12. The second-order valence-corrected chi connectivity index (χ2v) is 12.5. The smallest absolute Gasteiger partial charge is 0.410 e. The molecule has 5 heterocycles. The number of anilines is 2. The van der Waals surface area contributed by atoms with Crippen LogP contribution in [0.2, 0.25) is 0 Å². The van der Waals surface area contributed by atoms with Crippen LogP contribution < -0.4 is 10.2 Å². The van der Waals surface area contributed by atoms with E-state index in [0.29, 0.717) is 60.1 Å². The summed E-state index contributed by atoms with van der Waals surface area (Å²) in [4.78, 5) is 34.5. The van der Waals surface area contributed by atoms with Crippen molar-refractivity contribution in [1.29, 1.82) is 0 Å². The quantitative estimate of drug-likeness (QED) is 0.356. The molecule has 0 bridgehead atoms. The number of aryl methyl sites for hydroxylation is 1. The summed E-state index contributed by atoms with van der Waals surface area (Å²) in [6.45, 7) is 9.62. The van der Waals surface area contributed by atoms with Gasteiger partial charge in [-0.15, -0.1) is 0 Å². The number of nitrogens with zero attached hydrogens (tertiary/aromatic N) is 6. The number of pyridine rings is 1. The second-order valence-electron chi connectivity index (χ2n) is 12.5. The zero-order valence-electron chi connectivity index (χ0n) is 23.9. The van der Waals surface area contributed by atoms with E-state index in [0.717, 1.165) is 17.7 Å². The number of hydrogen-bond donors (Lipinski definition) is 1. The Morgan fingerprint density at radius 1 is 1.19 bits per heavy atom.